The SMILES string of the molecule is CCCCCc1nc(-c2ccc(Cl)cc2)cc(=O)n1CC(=O)NC1(C(=O)O)CCCC1. The number of halogens is 1. The Kier molecular flexibility index (Phi) is 7.49. The predicted molar refractivity (Wildman–Crippen MR) is 119 cm³/mol. The van der Waals surface area contributed by atoms with Gasteiger partial charge in [0.05, 0.1) is 5.69 Å². The molecule has 1 aliphatic rings. The summed E-state index contributed by atoms with van der Waals surface area (Å²) in [6, 6.07) is 8.48. The van der Waals surface area contributed by atoms with Gasteiger partial charge >= 0.3 is 5.97 Å². The summed E-state index contributed by atoms with van der Waals surface area (Å²) in [5.41, 5.74) is -0.273. The van der Waals surface area contributed by atoms with Crippen LogP contribution >= 0.6 is 11.6 Å². The van der Waals surface area contributed by atoms with Gasteiger partial charge in [-0.2, -0.15) is 0 Å². The lowest BCUT2D eigenvalue weighted by Crippen LogP contribution is -2.53. The van der Waals surface area contributed by atoms with Crippen LogP contribution in [0, 0.1) is 0 Å². The second kappa shape index (κ2) is 10.1. The standard InChI is InChI=1S/C23H28ClN3O4/c1-2-3-4-7-19-25-18(16-8-10-17(24)11-9-16)14-21(29)27(19)15-20(28)26-23(22(30)31)12-5-6-13-23/h8-11,14H,2-7,12-13,15H2,1H3,(H,26,28)(H,30,31). The fourth-order valence-corrected chi connectivity index (χ4v) is 4.16. The van der Waals surface area contributed by atoms with E-state index in [1.165, 1.54) is 10.6 Å². The number of nitrogens with zero attached hydrogens (tertiary/aromatic N) is 2. The number of aromatic nitrogens is 2. The van der Waals surface area contributed by atoms with Gasteiger partial charge in [-0.1, -0.05) is 56.3 Å². The smallest absolute Gasteiger partial charge is 0.329 e. The van der Waals surface area contributed by atoms with Crippen molar-refractivity contribution in [2.24, 2.45) is 0 Å². The van der Waals surface area contributed by atoms with Crippen LogP contribution in [0.4, 0.5) is 0 Å². The van der Waals surface area contributed by atoms with E-state index in [0.717, 1.165) is 37.7 Å². The van der Waals surface area contributed by atoms with Crippen molar-refractivity contribution in [2.75, 3.05) is 0 Å². The number of carboxylic acids is 1. The van der Waals surface area contributed by atoms with Crippen molar-refractivity contribution >= 4 is 23.5 Å². The van der Waals surface area contributed by atoms with Gasteiger partial charge in [0.1, 0.15) is 17.9 Å². The summed E-state index contributed by atoms with van der Waals surface area (Å²) in [6.07, 6.45) is 5.71. The summed E-state index contributed by atoms with van der Waals surface area (Å²) >= 11 is 5.96. The minimum absolute atomic E-state index is 0.247. The number of nitrogens with one attached hydrogen (secondary N) is 1. The summed E-state index contributed by atoms with van der Waals surface area (Å²) in [5.74, 6) is -0.980. The number of carboxylic acid groups (broad SMARTS) is 1. The highest BCUT2D eigenvalue weighted by molar-refractivity contribution is 6.30. The van der Waals surface area contributed by atoms with Gasteiger partial charge in [-0.25, -0.2) is 9.78 Å². The van der Waals surface area contributed by atoms with Crippen LogP contribution in [0.3, 0.4) is 0 Å². The first kappa shape index (κ1) is 23.0. The quantitative estimate of drug-likeness (QED) is 0.571. The van der Waals surface area contributed by atoms with E-state index < -0.39 is 17.4 Å². The molecule has 0 radical (unpaired) electrons. The molecule has 0 atom stereocenters. The van der Waals surface area contributed by atoms with Gasteiger partial charge in [0.2, 0.25) is 5.91 Å². The van der Waals surface area contributed by atoms with Crippen molar-refractivity contribution < 1.29 is 14.7 Å². The Hall–Kier alpha value is -2.67. The van der Waals surface area contributed by atoms with E-state index in [9.17, 15) is 19.5 Å². The van der Waals surface area contributed by atoms with E-state index in [2.05, 4.69) is 17.2 Å². The van der Waals surface area contributed by atoms with Gasteiger partial charge in [0.25, 0.3) is 5.56 Å². The molecule has 1 aliphatic carbocycles. The number of aryl methyl sites for hydroxylation is 1. The third-order valence-electron chi connectivity index (χ3n) is 5.78. The molecule has 1 aromatic heterocycles. The van der Waals surface area contributed by atoms with Crippen LogP contribution in [-0.2, 0) is 22.6 Å². The molecule has 1 heterocycles. The normalized spacial score (nSPS) is 15.0. The van der Waals surface area contributed by atoms with E-state index in [4.69, 9.17) is 11.6 Å². The molecule has 0 unspecified atom stereocenters. The number of carbonyl (C=O) groups excluding carboxylic acids is 1. The minimum atomic E-state index is -1.24. The highest BCUT2D eigenvalue weighted by atomic mass is 35.5. The first-order chi connectivity index (χ1) is 14.8. The summed E-state index contributed by atoms with van der Waals surface area (Å²) < 4.78 is 1.36. The molecular weight excluding hydrogens is 418 g/mol. The topological polar surface area (TPSA) is 101 Å². The van der Waals surface area contributed by atoms with E-state index >= 15 is 0 Å². The van der Waals surface area contributed by atoms with Gasteiger partial charge in [0, 0.05) is 23.1 Å². The van der Waals surface area contributed by atoms with Crippen molar-refractivity contribution in [3.8, 4) is 11.3 Å². The highest BCUT2D eigenvalue weighted by Crippen LogP contribution is 2.30. The molecule has 7 nitrogen and oxygen atoms in total. The number of hydrogen-bond donors (Lipinski definition) is 2. The van der Waals surface area contributed by atoms with Crippen LogP contribution in [0.1, 0.15) is 57.7 Å². The lowest BCUT2D eigenvalue weighted by atomic mass is 9.98. The molecule has 1 fully saturated rings. The monoisotopic (exact) mass is 445 g/mol. The second-order valence-electron chi connectivity index (χ2n) is 8.09. The summed E-state index contributed by atoms with van der Waals surface area (Å²) in [7, 11) is 0. The molecule has 0 spiro atoms. The van der Waals surface area contributed by atoms with E-state index in [1.54, 1.807) is 24.3 Å². The average molecular weight is 446 g/mol. The minimum Gasteiger partial charge on any atom is -0.480 e. The highest BCUT2D eigenvalue weighted by Gasteiger charge is 2.42. The molecular formula is C23H28ClN3O4. The van der Waals surface area contributed by atoms with E-state index in [1.807, 2.05) is 0 Å². The number of amides is 1. The molecule has 2 aromatic rings. The number of hydrogen-bond acceptors (Lipinski definition) is 4. The lowest BCUT2D eigenvalue weighted by molar-refractivity contribution is -0.147. The maximum Gasteiger partial charge on any atom is 0.329 e. The van der Waals surface area contributed by atoms with Gasteiger partial charge in [0.15, 0.2) is 0 Å². The number of carbonyl (C=O) groups is 2. The third-order valence-corrected chi connectivity index (χ3v) is 6.03. The molecule has 1 saturated carbocycles. The average Bonchev–Trinajstić information content (AvgIpc) is 3.20. The van der Waals surface area contributed by atoms with Gasteiger partial charge in [-0.15, -0.1) is 0 Å². The van der Waals surface area contributed by atoms with Crippen LogP contribution in [0.25, 0.3) is 11.3 Å². The molecule has 2 N–H and O–H groups in total. The Balaban J connectivity index is 1.88. The summed E-state index contributed by atoms with van der Waals surface area (Å²) in [6.45, 7) is 1.84. The van der Waals surface area contributed by atoms with Gasteiger partial charge < -0.3 is 10.4 Å². The van der Waals surface area contributed by atoms with Crippen LogP contribution in [0.5, 0.6) is 0 Å². The van der Waals surface area contributed by atoms with Gasteiger partial charge in [-0.05, 0) is 31.4 Å². The van der Waals surface area contributed by atoms with Crippen molar-refractivity contribution in [3.05, 3.63) is 51.5 Å². The summed E-state index contributed by atoms with van der Waals surface area (Å²) in [5, 5.41) is 12.9. The number of unbranched alkanes of at least 4 members (excludes halogenated alkanes) is 2. The Morgan fingerprint density at radius 3 is 2.48 bits per heavy atom. The second-order valence-corrected chi connectivity index (χ2v) is 8.52. The lowest BCUT2D eigenvalue weighted by Gasteiger charge is -2.25. The number of rotatable bonds is 9. The van der Waals surface area contributed by atoms with Crippen LogP contribution < -0.4 is 10.9 Å². The molecule has 0 aliphatic heterocycles. The molecule has 1 amide bonds. The van der Waals surface area contributed by atoms with E-state index in [-0.39, 0.29) is 12.1 Å². The van der Waals surface area contributed by atoms with E-state index in [0.29, 0.717) is 35.8 Å². The Morgan fingerprint density at radius 2 is 1.87 bits per heavy atom. The zero-order valence-electron chi connectivity index (χ0n) is 17.7. The maximum absolute atomic E-state index is 12.9. The maximum atomic E-state index is 12.9. The first-order valence-electron chi connectivity index (χ1n) is 10.8. The molecule has 3 rings (SSSR count). The third kappa shape index (κ3) is 5.53. The fourth-order valence-electron chi connectivity index (χ4n) is 4.04. The Morgan fingerprint density at radius 1 is 1.19 bits per heavy atom. The molecule has 31 heavy (non-hydrogen) atoms. The molecule has 1 aromatic carbocycles. The summed E-state index contributed by atoms with van der Waals surface area (Å²) in [4.78, 5) is 42.1. The predicted octanol–water partition coefficient (Wildman–Crippen LogP) is 3.81. The Labute approximate surface area is 186 Å². The van der Waals surface area contributed by atoms with Crippen molar-refractivity contribution in [2.45, 2.75) is 70.4 Å². The van der Waals surface area contributed by atoms with Gasteiger partial charge in [-0.3, -0.25) is 14.2 Å². The zero-order chi connectivity index (χ0) is 22.4. The molecule has 8 heteroatoms. The van der Waals surface area contributed by atoms with Crippen molar-refractivity contribution in [1.29, 1.82) is 0 Å². The molecule has 166 valence electrons. The molecule has 0 bridgehead atoms. The number of benzene rings is 1. The van der Waals surface area contributed by atoms with Crippen molar-refractivity contribution in [1.82, 2.24) is 14.9 Å². The zero-order valence-corrected chi connectivity index (χ0v) is 18.5. The van der Waals surface area contributed by atoms with Crippen LogP contribution in [0.15, 0.2) is 35.1 Å². The van der Waals surface area contributed by atoms with Crippen LogP contribution in [-0.4, -0.2) is 32.1 Å². The molecule has 0 saturated heterocycles. The van der Waals surface area contributed by atoms with Crippen molar-refractivity contribution in [3.63, 3.8) is 0 Å². The number of aliphatic carboxylic acids is 1. The van der Waals surface area contributed by atoms with Crippen LogP contribution in [0.2, 0.25) is 5.02 Å². The first-order valence-corrected chi connectivity index (χ1v) is 11.1. The largest absolute Gasteiger partial charge is 0.480 e. The fraction of sp³-hybridized carbons (Fsp3) is 0.478. The Bertz CT molecular complexity index is 995.